The van der Waals surface area contributed by atoms with Crippen molar-refractivity contribution in [2.24, 2.45) is 12.5 Å². The van der Waals surface area contributed by atoms with Gasteiger partial charge in [0, 0.05) is 50.0 Å². The molecule has 18 heteroatoms. The Morgan fingerprint density at radius 2 is 1.64 bits per heavy atom. The number of halogens is 9. The van der Waals surface area contributed by atoms with Gasteiger partial charge in [0.2, 0.25) is 5.91 Å². The first-order valence-corrected chi connectivity index (χ1v) is 17.7. The number of ether oxygens (including phenoxy) is 1. The van der Waals surface area contributed by atoms with E-state index in [1.807, 2.05) is 10.2 Å². The number of morpholine rings is 1. The number of nitrogens with one attached hydrogen (secondary N) is 1. The third-order valence-corrected chi connectivity index (χ3v) is 11.1. The fraction of sp³-hybridized carbons (Fsp3) is 0.541. The lowest BCUT2D eigenvalue weighted by Gasteiger charge is -2.42. The van der Waals surface area contributed by atoms with Gasteiger partial charge in [0.05, 0.1) is 30.8 Å². The summed E-state index contributed by atoms with van der Waals surface area (Å²) in [4.78, 5) is 42.3. The predicted molar refractivity (Wildman–Crippen MR) is 180 cm³/mol. The van der Waals surface area contributed by atoms with Gasteiger partial charge < -0.3 is 19.7 Å². The number of benzene rings is 2. The number of fused-ring (bicyclic) bond motifs is 2. The standard InChI is InChI=1S/C37H39F9N4O5/c1-48-28-8-5-21(19-49-13-15-55-16-14-49)17-26(28)30(36(41,42)43)29(31(48)51)25-7-6-23-22(3-2-4-24(23)25)18-27(32(52)53)47-33(54)34(37(44,45)46)9-11-50(12-10-34)20-35(38,39)40/h2-5,8,17,25,27H,6-7,9-16,18-20H2,1H3,(H,47,54)(H,52,53). The molecule has 3 aromatic rings. The van der Waals surface area contributed by atoms with Crippen LogP contribution in [0.5, 0.6) is 0 Å². The summed E-state index contributed by atoms with van der Waals surface area (Å²) in [5.41, 5.74) is -3.88. The zero-order valence-corrected chi connectivity index (χ0v) is 29.6. The van der Waals surface area contributed by atoms with Gasteiger partial charge in [-0.2, -0.15) is 39.5 Å². The SMILES string of the molecule is Cn1c(=O)c(C2CCc3c(CC(NC(=O)C4(C(F)(F)F)CCN(CC(F)(F)F)CC4)C(=O)O)cccc32)c(C(F)(F)F)c2cc(CN3CCOCC3)ccc21. The van der Waals surface area contributed by atoms with Crippen LogP contribution in [0.15, 0.2) is 41.2 Å². The van der Waals surface area contributed by atoms with E-state index in [4.69, 9.17) is 4.74 Å². The number of aryl methyl sites for hydroxylation is 1. The van der Waals surface area contributed by atoms with Crippen molar-refractivity contribution in [3.05, 3.63) is 80.1 Å². The van der Waals surface area contributed by atoms with E-state index in [-0.39, 0.29) is 29.3 Å². The third-order valence-electron chi connectivity index (χ3n) is 11.1. The number of rotatable bonds is 9. The minimum Gasteiger partial charge on any atom is -0.480 e. The molecule has 2 saturated heterocycles. The molecule has 1 aliphatic carbocycles. The van der Waals surface area contributed by atoms with Crippen molar-refractivity contribution in [3.63, 3.8) is 0 Å². The van der Waals surface area contributed by atoms with Crippen LogP contribution >= 0.6 is 0 Å². The fourth-order valence-corrected chi connectivity index (χ4v) is 8.29. The number of carboxylic acids is 1. The van der Waals surface area contributed by atoms with Crippen LogP contribution in [-0.2, 0) is 46.9 Å². The van der Waals surface area contributed by atoms with Crippen molar-refractivity contribution in [1.82, 2.24) is 19.7 Å². The number of aromatic nitrogens is 1. The highest BCUT2D eigenvalue weighted by atomic mass is 19.4. The average molecular weight is 791 g/mol. The van der Waals surface area contributed by atoms with Crippen molar-refractivity contribution in [1.29, 1.82) is 0 Å². The lowest BCUT2D eigenvalue weighted by molar-refractivity contribution is -0.236. The summed E-state index contributed by atoms with van der Waals surface area (Å²) in [6.07, 6.45) is -17.3. The van der Waals surface area contributed by atoms with Gasteiger partial charge in [-0.05, 0) is 73.2 Å². The van der Waals surface area contributed by atoms with E-state index in [0.717, 1.165) is 4.90 Å². The monoisotopic (exact) mass is 790 g/mol. The normalized spacial score (nSPS) is 20.4. The first kappa shape index (κ1) is 40.5. The van der Waals surface area contributed by atoms with Crippen LogP contribution in [0.25, 0.3) is 10.9 Å². The van der Waals surface area contributed by atoms with E-state index in [9.17, 15) is 45.8 Å². The Balaban J connectivity index is 1.31. The van der Waals surface area contributed by atoms with Crippen LogP contribution in [0.2, 0.25) is 0 Å². The molecular formula is C37H39F9N4O5. The first-order valence-electron chi connectivity index (χ1n) is 17.7. The summed E-state index contributed by atoms with van der Waals surface area (Å²) in [5.74, 6) is -4.44. The Morgan fingerprint density at radius 1 is 0.964 bits per heavy atom. The molecule has 2 aromatic carbocycles. The Kier molecular flexibility index (Phi) is 11.1. The molecule has 0 spiro atoms. The van der Waals surface area contributed by atoms with Gasteiger partial charge in [-0.3, -0.25) is 19.4 Å². The van der Waals surface area contributed by atoms with Crippen molar-refractivity contribution in [2.75, 3.05) is 45.9 Å². The highest BCUT2D eigenvalue weighted by molar-refractivity contribution is 5.88. The van der Waals surface area contributed by atoms with Gasteiger partial charge >= 0.3 is 24.5 Å². The van der Waals surface area contributed by atoms with Crippen LogP contribution < -0.4 is 10.9 Å². The van der Waals surface area contributed by atoms with Crippen LogP contribution in [0.1, 0.15) is 58.6 Å². The lowest BCUT2D eigenvalue weighted by atomic mass is 9.76. The lowest BCUT2D eigenvalue weighted by Crippen LogP contribution is -2.59. The number of carbonyl (C=O) groups is 2. The van der Waals surface area contributed by atoms with Crippen molar-refractivity contribution in [3.8, 4) is 0 Å². The van der Waals surface area contributed by atoms with Gasteiger partial charge in [-0.1, -0.05) is 24.3 Å². The summed E-state index contributed by atoms with van der Waals surface area (Å²) in [7, 11) is 1.39. The molecule has 6 rings (SSSR count). The molecule has 1 aromatic heterocycles. The summed E-state index contributed by atoms with van der Waals surface area (Å²) in [6.45, 7) is -0.331. The fourth-order valence-electron chi connectivity index (χ4n) is 8.29. The van der Waals surface area contributed by atoms with E-state index in [2.05, 4.69) is 0 Å². The largest absolute Gasteiger partial charge is 0.480 e. The number of carboxylic acid groups (broad SMARTS) is 1. The number of pyridine rings is 1. The third kappa shape index (κ3) is 8.21. The zero-order valence-electron chi connectivity index (χ0n) is 29.6. The molecule has 300 valence electrons. The number of hydrogen-bond acceptors (Lipinski definition) is 6. The molecular weight excluding hydrogens is 751 g/mol. The molecule has 0 bridgehead atoms. The second-order valence-corrected chi connectivity index (χ2v) is 14.5. The minimum absolute atomic E-state index is 0.0410. The summed E-state index contributed by atoms with van der Waals surface area (Å²) in [5, 5.41) is 11.8. The number of nitrogens with zero attached hydrogens (tertiary/aromatic N) is 3. The highest BCUT2D eigenvalue weighted by Gasteiger charge is 2.61. The summed E-state index contributed by atoms with van der Waals surface area (Å²) < 4.78 is 134. The number of alkyl halides is 9. The number of piperidine rings is 1. The van der Waals surface area contributed by atoms with Crippen LogP contribution in [0.3, 0.4) is 0 Å². The number of hydrogen-bond donors (Lipinski definition) is 2. The Morgan fingerprint density at radius 3 is 2.24 bits per heavy atom. The van der Waals surface area contributed by atoms with Crippen LogP contribution in [0, 0.1) is 5.41 Å². The number of amides is 1. The molecule has 2 aliphatic heterocycles. The maximum Gasteiger partial charge on any atom is 0.417 e. The molecule has 0 radical (unpaired) electrons. The van der Waals surface area contributed by atoms with Gasteiger partial charge in [0.1, 0.15) is 11.5 Å². The van der Waals surface area contributed by atoms with Crippen LogP contribution in [0.4, 0.5) is 39.5 Å². The quantitative estimate of drug-likeness (QED) is 0.265. The van der Waals surface area contributed by atoms with Crippen molar-refractivity contribution >= 4 is 22.8 Å². The average Bonchev–Trinajstić information content (AvgIpc) is 3.53. The summed E-state index contributed by atoms with van der Waals surface area (Å²) >= 11 is 0. The van der Waals surface area contributed by atoms with E-state index in [0.29, 0.717) is 49.5 Å². The molecule has 9 nitrogen and oxygen atoms in total. The second-order valence-electron chi connectivity index (χ2n) is 14.5. The molecule has 3 aliphatic rings. The minimum atomic E-state index is -5.21. The Labute approximate surface area is 309 Å². The molecule has 55 heavy (non-hydrogen) atoms. The number of carbonyl (C=O) groups excluding carboxylic acids is 1. The Bertz CT molecular complexity index is 2000. The van der Waals surface area contributed by atoms with E-state index in [1.54, 1.807) is 6.07 Å². The molecule has 3 heterocycles. The van der Waals surface area contributed by atoms with Gasteiger partial charge in [0.15, 0.2) is 0 Å². The second kappa shape index (κ2) is 15.1. The van der Waals surface area contributed by atoms with E-state index >= 15 is 13.2 Å². The zero-order chi connectivity index (χ0) is 40.1. The Hall–Kier alpha value is -4.16. The molecule has 2 unspecified atom stereocenters. The molecule has 2 atom stereocenters. The van der Waals surface area contributed by atoms with E-state index < -0.39 is 103 Å². The summed E-state index contributed by atoms with van der Waals surface area (Å²) in [6, 6.07) is 7.11. The van der Waals surface area contributed by atoms with Gasteiger partial charge in [0.25, 0.3) is 5.56 Å². The predicted octanol–water partition coefficient (Wildman–Crippen LogP) is 5.79. The van der Waals surface area contributed by atoms with Crippen molar-refractivity contribution < 1.29 is 58.9 Å². The number of likely N-dealkylation sites (tertiary alicyclic amines) is 1. The van der Waals surface area contributed by atoms with Crippen LogP contribution in [-0.4, -0.2) is 95.7 Å². The topological polar surface area (TPSA) is 104 Å². The van der Waals surface area contributed by atoms with Gasteiger partial charge in [-0.15, -0.1) is 0 Å². The van der Waals surface area contributed by atoms with Gasteiger partial charge in [-0.25, -0.2) is 4.79 Å². The highest BCUT2D eigenvalue weighted by Crippen LogP contribution is 2.48. The molecule has 2 fully saturated rings. The smallest absolute Gasteiger partial charge is 0.417 e. The maximum atomic E-state index is 15.1. The first-order chi connectivity index (χ1) is 25.7. The maximum absolute atomic E-state index is 15.1. The van der Waals surface area contributed by atoms with E-state index in [1.165, 1.54) is 41.9 Å². The van der Waals surface area contributed by atoms with Crippen molar-refractivity contribution in [2.45, 2.75) is 69.1 Å². The number of aliphatic carboxylic acids is 1. The molecule has 0 saturated carbocycles. The molecule has 2 N–H and O–H groups in total. The molecule has 1 amide bonds.